The molecule has 116 valence electrons. The maximum absolute atomic E-state index is 5.85. The lowest BCUT2D eigenvalue weighted by Crippen LogP contribution is -2.30. The fraction of sp³-hybridized carbons (Fsp3) is 0.750. The topological polar surface area (TPSA) is 56.3 Å². The molecule has 0 atom stereocenters. The molecule has 0 radical (unpaired) electrons. The zero-order chi connectivity index (χ0) is 14.7. The molecule has 1 aromatic heterocycles. The molecule has 5 heteroatoms. The quantitative estimate of drug-likeness (QED) is 0.904. The summed E-state index contributed by atoms with van der Waals surface area (Å²) in [7, 11) is 1.79. The van der Waals surface area contributed by atoms with Crippen molar-refractivity contribution in [2.75, 3.05) is 25.6 Å². The number of methoxy groups -OCH3 is 1. The number of anilines is 1. The van der Waals surface area contributed by atoms with Crippen LogP contribution < -0.4 is 5.32 Å². The van der Waals surface area contributed by atoms with Crippen molar-refractivity contribution in [2.24, 2.45) is 0 Å². The second-order valence-electron chi connectivity index (χ2n) is 5.96. The van der Waals surface area contributed by atoms with E-state index in [-0.39, 0.29) is 5.60 Å². The van der Waals surface area contributed by atoms with Gasteiger partial charge in [-0.05, 0) is 32.1 Å². The lowest BCUT2D eigenvalue weighted by molar-refractivity contribution is -0.0167. The molecule has 1 N–H and O–H groups in total. The Balaban J connectivity index is 2.00. The van der Waals surface area contributed by atoms with Gasteiger partial charge in [0.05, 0.1) is 18.9 Å². The molecule has 1 saturated carbocycles. The second kappa shape index (κ2) is 6.28. The van der Waals surface area contributed by atoms with Crippen molar-refractivity contribution < 1.29 is 9.47 Å². The summed E-state index contributed by atoms with van der Waals surface area (Å²) in [5.41, 5.74) is 1.98. The molecule has 21 heavy (non-hydrogen) atoms. The molecule has 1 aliphatic carbocycles. The number of aromatic nitrogens is 2. The highest BCUT2D eigenvalue weighted by Gasteiger charge is 2.39. The Bertz CT molecular complexity index is 499. The van der Waals surface area contributed by atoms with E-state index < -0.39 is 0 Å². The molecule has 2 heterocycles. The van der Waals surface area contributed by atoms with Gasteiger partial charge in [0.25, 0.3) is 0 Å². The Hall–Kier alpha value is -1.20. The molecule has 3 rings (SSSR count). The zero-order valence-corrected chi connectivity index (χ0v) is 13.1. The molecule has 2 aliphatic rings. The van der Waals surface area contributed by atoms with Crippen molar-refractivity contribution in [3.8, 4) is 0 Å². The number of rotatable bonds is 5. The van der Waals surface area contributed by atoms with Gasteiger partial charge in [-0.3, -0.25) is 0 Å². The molecule has 0 aromatic carbocycles. The summed E-state index contributed by atoms with van der Waals surface area (Å²) in [6.07, 6.45) is 6.36. The standard InChI is InChI=1S/C16H25N3O2/c1-3-9-17-14-12-11-21-10-6-13(12)18-15(19-14)16(20-2)7-4-5-8-16/h3-11H2,1-2H3,(H,17,18,19). The van der Waals surface area contributed by atoms with Crippen molar-refractivity contribution in [1.29, 1.82) is 0 Å². The molecule has 0 bridgehead atoms. The number of nitrogens with one attached hydrogen (secondary N) is 1. The summed E-state index contributed by atoms with van der Waals surface area (Å²) in [6, 6.07) is 0. The number of nitrogens with zero attached hydrogens (tertiary/aromatic N) is 2. The highest BCUT2D eigenvalue weighted by Crippen LogP contribution is 2.41. The largest absolute Gasteiger partial charge is 0.376 e. The minimum Gasteiger partial charge on any atom is -0.376 e. The maximum atomic E-state index is 5.85. The van der Waals surface area contributed by atoms with Gasteiger partial charge in [0, 0.05) is 25.6 Å². The molecule has 0 spiro atoms. The van der Waals surface area contributed by atoms with Gasteiger partial charge in [-0.15, -0.1) is 0 Å². The van der Waals surface area contributed by atoms with Gasteiger partial charge in [0.15, 0.2) is 5.82 Å². The Morgan fingerprint density at radius 3 is 2.81 bits per heavy atom. The SMILES string of the molecule is CCCNc1nc(C2(OC)CCCC2)nc2c1COCC2. The van der Waals surface area contributed by atoms with Gasteiger partial charge in [-0.25, -0.2) is 9.97 Å². The van der Waals surface area contributed by atoms with E-state index in [0.29, 0.717) is 6.61 Å². The van der Waals surface area contributed by atoms with Crippen LogP contribution in [0.1, 0.15) is 56.1 Å². The first-order chi connectivity index (χ1) is 10.3. The maximum Gasteiger partial charge on any atom is 0.162 e. The minimum atomic E-state index is -0.282. The third-order valence-electron chi connectivity index (χ3n) is 4.57. The second-order valence-corrected chi connectivity index (χ2v) is 5.96. The number of hydrogen-bond donors (Lipinski definition) is 1. The van der Waals surface area contributed by atoms with Crippen molar-refractivity contribution in [2.45, 2.75) is 57.7 Å². The summed E-state index contributed by atoms with van der Waals surface area (Å²) in [6.45, 7) is 4.44. The smallest absolute Gasteiger partial charge is 0.162 e. The van der Waals surface area contributed by atoms with Gasteiger partial charge in [-0.2, -0.15) is 0 Å². The number of ether oxygens (including phenoxy) is 2. The van der Waals surface area contributed by atoms with E-state index in [1.54, 1.807) is 7.11 Å². The Labute approximate surface area is 126 Å². The van der Waals surface area contributed by atoms with Crippen LogP contribution in [0.2, 0.25) is 0 Å². The van der Waals surface area contributed by atoms with Gasteiger partial charge < -0.3 is 14.8 Å². The number of hydrogen-bond acceptors (Lipinski definition) is 5. The third-order valence-corrected chi connectivity index (χ3v) is 4.57. The van der Waals surface area contributed by atoms with E-state index in [9.17, 15) is 0 Å². The van der Waals surface area contributed by atoms with E-state index in [4.69, 9.17) is 19.4 Å². The van der Waals surface area contributed by atoms with E-state index in [2.05, 4.69) is 12.2 Å². The Morgan fingerprint density at radius 1 is 1.29 bits per heavy atom. The summed E-state index contributed by atoms with van der Waals surface area (Å²) in [5, 5.41) is 3.44. The molecular weight excluding hydrogens is 266 g/mol. The van der Waals surface area contributed by atoms with E-state index >= 15 is 0 Å². The molecule has 5 nitrogen and oxygen atoms in total. The van der Waals surface area contributed by atoms with Gasteiger partial charge in [0.1, 0.15) is 11.4 Å². The third kappa shape index (κ3) is 2.77. The molecule has 1 fully saturated rings. The lowest BCUT2D eigenvalue weighted by Gasteiger charge is -2.28. The monoisotopic (exact) mass is 291 g/mol. The van der Waals surface area contributed by atoms with Crippen LogP contribution in [0.3, 0.4) is 0 Å². The molecule has 0 amide bonds. The fourth-order valence-corrected chi connectivity index (χ4v) is 3.29. The van der Waals surface area contributed by atoms with Crippen LogP contribution in [-0.4, -0.2) is 30.2 Å². The van der Waals surface area contributed by atoms with Crippen LogP contribution in [0.5, 0.6) is 0 Å². The van der Waals surface area contributed by atoms with E-state index in [1.807, 2.05) is 0 Å². The molecular formula is C16H25N3O2. The highest BCUT2D eigenvalue weighted by molar-refractivity contribution is 5.47. The lowest BCUT2D eigenvalue weighted by atomic mass is 10.00. The van der Waals surface area contributed by atoms with Crippen LogP contribution >= 0.6 is 0 Å². The predicted molar refractivity (Wildman–Crippen MR) is 81.3 cm³/mol. The average molecular weight is 291 g/mol. The number of fused-ring (bicyclic) bond motifs is 1. The van der Waals surface area contributed by atoms with E-state index in [0.717, 1.165) is 61.7 Å². The Morgan fingerprint density at radius 2 is 2.10 bits per heavy atom. The predicted octanol–water partition coefficient (Wildman–Crippen LogP) is 2.79. The Kier molecular flexibility index (Phi) is 4.40. The summed E-state index contributed by atoms with van der Waals surface area (Å²) < 4.78 is 11.4. The molecule has 1 aromatic rings. The van der Waals surface area contributed by atoms with Crippen molar-refractivity contribution in [3.63, 3.8) is 0 Å². The van der Waals surface area contributed by atoms with Crippen LogP contribution in [0, 0.1) is 0 Å². The average Bonchev–Trinajstić information content (AvgIpc) is 3.02. The first-order valence-corrected chi connectivity index (χ1v) is 8.06. The van der Waals surface area contributed by atoms with Crippen LogP contribution in [0.4, 0.5) is 5.82 Å². The van der Waals surface area contributed by atoms with Gasteiger partial charge in [-0.1, -0.05) is 6.92 Å². The van der Waals surface area contributed by atoms with Crippen molar-refractivity contribution in [1.82, 2.24) is 9.97 Å². The van der Waals surface area contributed by atoms with E-state index in [1.165, 1.54) is 12.8 Å². The van der Waals surface area contributed by atoms with Gasteiger partial charge in [0.2, 0.25) is 0 Å². The summed E-state index contributed by atoms with van der Waals surface area (Å²) in [5.74, 6) is 1.81. The van der Waals surface area contributed by atoms with Crippen LogP contribution in [0.25, 0.3) is 0 Å². The molecule has 0 unspecified atom stereocenters. The molecule has 1 aliphatic heterocycles. The van der Waals surface area contributed by atoms with Crippen molar-refractivity contribution in [3.05, 3.63) is 17.1 Å². The first-order valence-electron chi connectivity index (χ1n) is 8.06. The highest BCUT2D eigenvalue weighted by atomic mass is 16.5. The van der Waals surface area contributed by atoms with Crippen LogP contribution in [-0.2, 0) is 28.1 Å². The zero-order valence-electron chi connectivity index (χ0n) is 13.1. The first kappa shape index (κ1) is 14.7. The van der Waals surface area contributed by atoms with Gasteiger partial charge >= 0.3 is 0 Å². The van der Waals surface area contributed by atoms with Crippen LogP contribution in [0.15, 0.2) is 0 Å². The van der Waals surface area contributed by atoms with Crippen molar-refractivity contribution >= 4 is 5.82 Å². The molecule has 0 saturated heterocycles. The normalized spacial score (nSPS) is 20.3. The summed E-state index contributed by atoms with van der Waals surface area (Å²) in [4.78, 5) is 9.67. The minimum absolute atomic E-state index is 0.282. The fourth-order valence-electron chi connectivity index (χ4n) is 3.29. The summed E-state index contributed by atoms with van der Waals surface area (Å²) >= 11 is 0.